The van der Waals surface area contributed by atoms with E-state index < -0.39 is 0 Å². The van der Waals surface area contributed by atoms with Crippen LogP contribution in [-0.4, -0.2) is 64.5 Å². The second kappa shape index (κ2) is 10.3. The molecule has 1 amide bonds. The summed E-state index contributed by atoms with van der Waals surface area (Å²) in [5.74, 6) is -0.305. The molecule has 0 atom stereocenters. The Hall–Kier alpha value is -3.78. The normalized spacial score (nSPS) is 14.7. The molecular formula is C29H33FN6O. The summed E-state index contributed by atoms with van der Waals surface area (Å²) < 4.78 is 17.1. The number of piperidine rings is 1. The number of rotatable bonds is 6. The molecule has 0 aliphatic carbocycles. The molecule has 192 valence electrons. The van der Waals surface area contributed by atoms with Crippen molar-refractivity contribution < 1.29 is 9.18 Å². The van der Waals surface area contributed by atoms with Crippen LogP contribution in [0.4, 0.5) is 10.1 Å². The first-order chi connectivity index (χ1) is 17.9. The van der Waals surface area contributed by atoms with Crippen molar-refractivity contribution >= 4 is 22.6 Å². The van der Waals surface area contributed by atoms with Crippen molar-refractivity contribution in [3.05, 3.63) is 77.5 Å². The van der Waals surface area contributed by atoms with E-state index in [1.807, 2.05) is 37.6 Å². The Morgan fingerprint density at radius 3 is 2.54 bits per heavy atom. The minimum atomic E-state index is -0.283. The molecule has 4 heterocycles. The zero-order chi connectivity index (χ0) is 26.1. The third kappa shape index (κ3) is 4.93. The van der Waals surface area contributed by atoms with E-state index in [4.69, 9.17) is 0 Å². The molecule has 0 saturated carbocycles. The average Bonchev–Trinajstić information content (AvgIpc) is 3.23. The van der Waals surface area contributed by atoms with E-state index in [-0.39, 0.29) is 17.6 Å². The van der Waals surface area contributed by atoms with E-state index in [0.717, 1.165) is 60.5 Å². The number of carbonyl (C=O) groups is 1. The molecule has 0 radical (unpaired) electrons. The number of pyridine rings is 2. The molecule has 7 nitrogen and oxygen atoms in total. The topological polar surface area (TPSA) is 66.3 Å². The summed E-state index contributed by atoms with van der Waals surface area (Å²) in [6.07, 6.45) is 5.44. The third-order valence-corrected chi connectivity index (χ3v) is 7.42. The molecule has 1 aromatic carbocycles. The molecule has 0 spiro atoms. The van der Waals surface area contributed by atoms with Crippen LogP contribution in [0.15, 0.2) is 54.9 Å². The van der Waals surface area contributed by atoms with E-state index in [9.17, 15) is 9.18 Å². The molecule has 1 N–H and O–H groups in total. The number of hydrogen-bond acceptors (Lipinski definition) is 5. The fourth-order valence-corrected chi connectivity index (χ4v) is 5.23. The fourth-order valence-electron chi connectivity index (χ4n) is 5.23. The lowest BCUT2D eigenvalue weighted by Crippen LogP contribution is -2.33. The lowest BCUT2D eigenvalue weighted by atomic mass is 9.88. The van der Waals surface area contributed by atoms with Crippen LogP contribution in [-0.2, 0) is 13.6 Å². The van der Waals surface area contributed by atoms with Crippen LogP contribution in [0.3, 0.4) is 0 Å². The zero-order valence-electron chi connectivity index (χ0n) is 21.8. The number of likely N-dealkylation sites (tertiary alicyclic amines) is 1. The molecule has 4 aromatic rings. The monoisotopic (exact) mass is 500 g/mol. The van der Waals surface area contributed by atoms with Gasteiger partial charge in [-0.05, 0) is 73.8 Å². The van der Waals surface area contributed by atoms with Gasteiger partial charge in [0.25, 0.3) is 5.91 Å². The summed E-state index contributed by atoms with van der Waals surface area (Å²) in [7, 11) is 7.29. The standard InChI is InChI=1S/C29H33FN6O/c1-31-21-6-8-27(33-17-21)24-9-12-32-28-25(24)16-22(35(28)4)18-36-13-10-19(11-14-36)23-7-5-20(15-26(23)30)29(37)34(2)3/h5-9,12,15-17,19,31H,10-11,13-14,18H2,1-4H3. The van der Waals surface area contributed by atoms with E-state index in [0.29, 0.717) is 11.1 Å². The molecule has 1 aliphatic heterocycles. The summed E-state index contributed by atoms with van der Waals surface area (Å²) in [5, 5.41) is 4.20. The fraction of sp³-hybridized carbons (Fsp3) is 0.345. The maximum Gasteiger partial charge on any atom is 0.253 e. The summed E-state index contributed by atoms with van der Waals surface area (Å²) in [4.78, 5) is 25.3. The van der Waals surface area contributed by atoms with Gasteiger partial charge in [0.15, 0.2) is 0 Å². The maximum atomic E-state index is 14.9. The smallest absolute Gasteiger partial charge is 0.253 e. The van der Waals surface area contributed by atoms with Gasteiger partial charge in [0, 0.05) is 63.1 Å². The summed E-state index contributed by atoms with van der Waals surface area (Å²) >= 11 is 0. The van der Waals surface area contributed by atoms with Gasteiger partial charge < -0.3 is 14.8 Å². The predicted molar refractivity (Wildman–Crippen MR) is 145 cm³/mol. The minimum Gasteiger partial charge on any atom is -0.387 e. The zero-order valence-corrected chi connectivity index (χ0v) is 21.8. The van der Waals surface area contributed by atoms with Crippen LogP contribution < -0.4 is 5.32 Å². The van der Waals surface area contributed by atoms with Crippen molar-refractivity contribution in [3.8, 4) is 11.3 Å². The number of hydrogen-bond donors (Lipinski definition) is 1. The highest BCUT2D eigenvalue weighted by Crippen LogP contribution is 2.33. The number of amides is 1. The van der Waals surface area contributed by atoms with E-state index in [1.54, 1.807) is 26.2 Å². The molecule has 1 saturated heterocycles. The molecule has 5 rings (SSSR count). The highest BCUT2D eigenvalue weighted by molar-refractivity contribution is 5.94. The number of nitrogens with one attached hydrogen (secondary N) is 1. The van der Waals surface area contributed by atoms with Gasteiger partial charge in [0.1, 0.15) is 11.5 Å². The Balaban J connectivity index is 1.29. The Labute approximate surface area is 216 Å². The quantitative estimate of drug-likeness (QED) is 0.408. The summed E-state index contributed by atoms with van der Waals surface area (Å²) in [6.45, 7) is 2.58. The van der Waals surface area contributed by atoms with Crippen LogP contribution in [0.25, 0.3) is 22.3 Å². The summed E-state index contributed by atoms with van der Waals surface area (Å²) in [5.41, 5.74) is 6.20. The lowest BCUT2D eigenvalue weighted by Gasteiger charge is -2.32. The van der Waals surface area contributed by atoms with Crippen LogP contribution in [0.1, 0.15) is 40.4 Å². The Morgan fingerprint density at radius 2 is 1.89 bits per heavy atom. The van der Waals surface area contributed by atoms with Gasteiger partial charge in [0.2, 0.25) is 0 Å². The van der Waals surface area contributed by atoms with Crippen molar-refractivity contribution in [2.75, 3.05) is 39.5 Å². The molecule has 37 heavy (non-hydrogen) atoms. The van der Waals surface area contributed by atoms with Crippen molar-refractivity contribution in [1.29, 1.82) is 0 Å². The Morgan fingerprint density at radius 1 is 1.11 bits per heavy atom. The van der Waals surface area contributed by atoms with Crippen LogP contribution in [0.5, 0.6) is 0 Å². The van der Waals surface area contributed by atoms with E-state index in [1.165, 1.54) is 16.7 Å². The molecule has 3 aromatic heterocycles. The molecule has 0 bridgehead atoms. The molecule has 0 unspecified atom stereocenters. The molecular weight excluding hydrogens is 467 g/mol. The number of fused-ring (bicyclic) bond motifs is 1. The van der Waals surface area contributed by atoms with E-state index >= 15 is 0 Å². The number of benzene rings is 1. The van der Waals surface area contributed by atoms with Crippen molar-refractivity contribution in [2.24, 2.45) is 7.05 Å². The predicted octanol–water partition coefficient (Wildman–Crippen LogP) is 4.90. The van der Waals surface area contributed by atoms with Crippen LogP contribution in [0, 0.1) is 5.82 Å². The largest absolute Gasteiger partial charge is 0.387 e. The lowest BCUT2D eigenvalue weighted by molar-refractivity contribution is 0.0827. The maximum absolute atomic E-state index is 14.9. The van der Waals surface area contributed by atoms with E-state index in [2.05, 4.69) is 37.9 Å². The number of aromatic nitrogens is 3. The minimum absolute atomic E-state index is 0.159. The number of nitrogens with zero attached hydrogens (tertiary/aromatic N) is 5. The summed E-state index contributed by atoms with van der Waals surface area (Å²) in [6, 6.07) is 13.2. The SMILES string of the molecule is CNc1ccc(-c2ccnc3c2cc(CN2CCC(c4ccc(C(=O)N(C)C)cc4F)CC2)n3C)nc1. The number of aryl methyl sites for hydroxylation is 1. The van der Waals surface area contributed by atoms with Crippen molar-refractivity contribution in [2.45, 2.75) is 25.3 Å². The second-order valence-electron chi connectivity index (χ2n) is 9.96. The van der Waals surface area contributed by atoms with Gasteiger partial charge >= 0.3 is 0 Å². The van der Waals surface area contributed by atoms with Gasteiger partial charge in [0.05, 0.1) is 17.6 Å². The van der Waals surface area contributed by atoms with Crippen molar-refractivity contribution in [3.63, 3.8) is 0 Å². The Bertz CT molecular complexity index is 1420. The number of carbonyl (C=O) groups excluding carboxylic acids is 1. The van der Waals surface area contributed by atoms with Gasteiger partial charge in [-0.2, -0.15) is 0 Å². The molecule has 8 heteroatoms. The third-order valence-electron chi connectivity index (χ3n) is 7.42. The van der Waals surface area contributed by atoms with Gasteiger partial charge in [-0.1, -0.05) is 6.07 Å². The number of halogens is 1. The Kier molecular flexibility index (Phi) is 6.93. The highest BCUT2D eigenvalue weighted by atomic mass is 19.1. The van der Waals surface area contributed by atoms with Gasteiger partial charge in [-0.25, -0.2) is 9.37 Å². The number of anilines is 1. The van der Waals surface area contributed by atoms with Crippen LogP contribution >= 0.6 is 0 Å². The molecule has 1 fully saturated rings. The second-order valence-corrected chi connectivity index (χ2v) is 9.96. The first kappa shape index (κ1) is 24.9. The average molecular weight is 501 g/mol. The van der Waals surface area contributed by atoms with Gasteiger partial charge in [-0.15, -0.1) is 0 Å². The van der Waals surface area contributed by atoms with Gasteiger partial charge in [-0.3, -0.25) is 14.7 Å². The first-order valence-electron chi connectivity index (χ1n) is 12.7. The van der Waals surface area contributed by atoms with Crippen LogP contribution in [0.2, 0.25) is 0 Å². The highest BCUT2D eigenvalue weighted by Gasteiger charge is 2.25. The first-order valence-corrected chi connectivity index (χ1v) is 12.7. The van der Waals surface area contributed by atoms with Crippen molar-refractivity contribution in [1.82, 2.24) is 24.3 Å². The molecule has 1 aliphatic rings.